The van der Waals surface area contributed by atoms with Crippen molar-refractivity contribution in [2.45, 2.75) is 17.9 Å². The molecule has 0 radical (unpaired) electrons. The molecule has 2 rings (SSSR count). The molecule has 0 atom stereocenters. The number of rotatable bonds is 6. The third-order valence-corrected chi connectivity index (χ3v) is 3.99. The summed E-state index contributed by atoms with van der Waals surface area (Å²) in [5, 5.41) is 4.31. The van der Waals surface area contributed by atoms with Crippen LogP contribution in [0.1, 0.15) is 12.8 Å². The van der Waals surface area contributed by atoms with Gasteiger partial charge in [-0.05, 0) is 42.5 Å². The Kier molecular flexibility index (Phi) is 5.90. The number of halogens is 1. The van der Waals surface area contributed by atoms with Crippen LogP contribution in [0.2, 0.25) is 5.02 Å². The summed E-state index contributed by atoms with van der Waals surface area (Å²) in [6, 6.07) is 10.8. The smallest absolute Gasteiger partial charge is 0.224 e. The molecule has 4 nitrogen and oxygen atoms in total. The van der Waals surface area contributed by atoms with Crippen LogP contribution in [0.5, 0.6) is 0 Å². The lowest BCUT2D eigenvalue weighted by atomic mass is 10.2. The number of aromatic nitrogens is 1. The van der Waals surface area contributed by atoms with Gasteiger partial charge in [0.05, 0.1) is 16.4 Å². The SMILES string of the molecule is Nc1cc(Cl)ccc1NC(=O)CCCSc1ccccn1. The van der Waals surface area contributed by atoms with Crippen molar-refractivity contribution < 1.29 is 4.79 Å². The van der Waals surface area contributed by atoms with Crippen LogP contribution in [0, 0.1) is 0 Å². The zero-order chi connectivity index (χ0) is 15.1. The highest BCUT2D eigenvalue weighted by molar-refractivity contribution is 7.99. The molecule has 110 valence electrons. The van der Waals surface area contributed by atoms with Gasteiger partial charge in [-0.25, -0.2) is 4.98 Å². The topological polar surface area (TPSA) is 68.0 Å². The first-order valence-corrected chi connectivity index (χ1v) is 7.90. The van der Waals surface area contributed by atoms with Crippen molar-refractivity contribution in [1.82, 2.24) is 4.98 Å². The molecule has 0 fully saturated rings. The first-order valence-electron chi connectivity index (χ1n) is 6.54. The number of pyridine rings is 1. The number of carbonyl (C=O) groups excluding carboxylic acids is 1. The quantitative estimate of drug-likeness (QED) is 0.482. The molecule has 0 aliphatic carbocycles. The Morgan fingerprint density at radius 2 is 2.19 bits per heavy atom. The third kappa shape index (κ3) is 5.28. The highest BCUT2D eigenvalue weighted by Crippen LogP contribution is 2.23. The van der Waals surface area contributed by atoms with Crippen LogP contribution in [0.15, 0.2) is 47.6 Å². The lowest BCUT2D eigenvalue weighted by Gasteiger charge is -2.08. The number of nitrogens with zero attached hydrogens (tertiary/aromatic N) is 1. The fourth-order valence-electron chi connectivity index (χ4n) is 1.70. The Bertz CT molecular complexity index is 607. The van der Waals surface area contributed by atoms with Crippen LogP contribution in [0.4, 0.5) is 11.4 Å². The van der Waals surface area contributed by atoms with Gasteiger partial charge < -0.3 is 11.1 Å². The highest BCUT2D eigenvalue weighted by Gasteiger charge is 2.06. The highest BCUT2D eigenvalue weighted by atomic mass is 35.5. The molecular formula is C15H16ClN3OS. The summed E-state index contributed by atoms with van der Waals surface area (Å²) >= 11 is 7.45. The van der Waals surface area contributed by atoms with Gasteiger partial charge in [-0.15, -0.1) is 11.8 Å². The van der Waals surface area contributed by atoms with E-state index in [-0.39, 0.29) is 5.91 Å². The zero-order valence-corrected chi connectivity index (χ0v) is 13.0. The van der Waals surface area contributed by atoms with Crippen molar-refractivity contribution in [2.75, 3.05) is 16.8 Å². The summed E-state index contributed by atoms with van der Waals surface area (Å²) in [5.74, 6) is 0.797. The monoisotopic (exact) mass is 321 g/mol. The maximum atomic E-state index is 11.8. The molecule has 0 unspecified atom stereocenters. The second-order valence-corrected chi connectivity index (χ2v) is 5.95. The number of thioether (sulfide) groups is 1. The molecule has 0 aliphatic heterocycles. The maximum Gasteiger partial charge on any atom is 0.224 e. The summed E-state index contributed by atoms with van der Waals surface area (Å²) in [6.07, 6.45) is 2.99. The van der Waals surface area contributed by atoms with E-state index in [4.69, 9.17) is 17.3 Å². The lowest BCUT2D eigenvalue weighted by Crippen LogP contribution is -2.12. The van der Waals surface area contributed by atoms with Crippen LogP contribution in [-0.2, 0) is 4.79 Å². The van der Waals surface area contributed by atoms with E-state index in [1.54, 1.807) is 36.2 Å². The number of benzene rings is 1. The van der Waals surface area contributed by atoms with Crippen molar-refractivity contribution in [3.05, 3.63) is 47.6 Å². The molecular weight excluding hydrogens is 306 g/mol. The number of nitrogens with two attached hydrogens (primary N) is 1. The summed E-state index contributed by atoms with van der Waals surface area (Å²) < 4.78 is 0. The molecule has 1 aromatic heterocycles. The zero-order valence-electron chi connectivity index (χ0n) is 11.4. The van der Waals surface area contributed by atoms with Gasteiger partial charge in [0.1, 0.15) is 0 Å². The number of anilines is 2. The van der Waals surface area contributed by atoms with Crippen LogP contribution in [0.3, 0.4) is 0 Å². The fourth-order valence-corrected chi connectivity index (χ4v) is 2.69. The Morgan fingerprint density at radius 1 is 1.33 bits per heavy atom. The van der Waals surface area contributed by atoms with Gasteiger partial charge in [-0.1, -0.05) is 17.7 Å². The van der Waals surface area contributed by atoms with Crippen LogP contribution < -0.4 is 11.1 Å². The van der Waals surface area contributed by atoms with E-state index in [0.29, 0.717) is 22.8 Å². The van der Waals surface area contributed by atoms with Gasteiger partial charge in [-0.2, -0.15) is 0 Å². The first-order chi connectivity index (χ1) is 10.1. The van der Waals surface area contributed by atoms with E-state index >= 15 is 0 Å². The number of carbonyl (C=O) groups is 1. The molecule has 2 aromatic rings. The van der Waals surface area contributed by atoms with Crippen molar-refractivity contribution >= 4 is 40.6 Å². The van der Waals surface area contributed by atoms with Crippen LogP contribution >= 0.6 is 23.4 Å². The maximum absolute atomic E-state index is 11.8. The predicted molar refractivity (Wildman–Crippen MR) is 88.7 cm³/mol. The van der Waals surface area contributed by atoms with Gasteiger partial charge >= 0.3 is 0 Å². The molecule has 0 aliphatic rings. The standard InChI is InChI=1S/C15H16ClN3OS/c16-11-6-7-13(12(17)10-11)19-14(20)4-3-9-21-15-5-1-2-8-18-15/h1-2,5-8,10H,3-4,9,17H2,(H,19,20). The van der Waals surface area contributed by atoms with Gasteiger partial charge in [0, 0.05) is 17.6 Å². The molecule has 0 saturated carbocycles. The number of hydrogen-bond donors (Lipinski definition) is 2. The third-order valence-electron chi connectivity index (χ3n) is 2.72. The normalized spacial score (nSPS) is 10.3. The molecule has 0 saturated heterocycles. The summed E-state index contributed by atoms with van der Waals surface area (Å²) in [5.41, 5.74) is 6.86. The number of nitrogens with one attached hydrogen (secondary N) is 1. The molecule has 0 bridgehead atoms. The number of hydrogen-bond acceptors (Lipinski definition) is 4. The van der Waals surface area contributed by atoms with E-state index in [2.05, 4.69) is 10.3 Å². The fraction of sp³-hybridized carbons (Fsp3) is 0.200. The van der Waals surface area contributed by atoms with E-state index in [1.165, 1.54) is 0 Å². The molecule has 6 heteroatoms. The summed E-state index contributed by atoms with van der Waals surface area (Å²) in [6.45, 7) is 0. The Labute approximate surface area is 133 Å². The lowest BCUT2D eigenvalue weighted by molar-refractivity contribution is -0.116. The molecule has 1 heterocycles. The first kappa shape index (κ1) is 15.7. The molecule has 1 aromatic carbocycles. The number of amides is 1. The van der Waals surface area contributed by atoms with Gasteiger partial charge in [0.2, 0.25) is 5.91 Å². The average Bonchev–Trinajstić information content (AvgIpc) is 2.48. The van der Waals surface area contributed by atoms with Crippen LogP contribution in [0.25, 0.3) is 0 Å². The van der Waals surface area contributed by atoms with Crippen LogP contribution in [-0.4, -0.2) is 16.6 Å². The van der Waals surface area contributed by atoms with Gasteiger partial charge in [-0.3, -0.25) is 4.79 Å². The summed E-state index contributed by atoms with van der Waals surface area (Å²) in [7, 11) is 0. The average molecular weight is 322 g/mol. The molecule has 1 amide bonds. The molecule has 3 N–H and O–H groups in total. The Morgan fingerprint density at radius 3 is 2.90 bits per heavy atom. The van der Waals surface area contributed by atoms with E-state index in [0.717, 1.165) is 17.2 Å². The van der Waals surface area contributed by atoms with Crippen molar-refractivity contribution in [3.8, 4) is 0 Å². The van der Waals surface area contributed by atoms with Gasteiger partial charge in [0.15, 0.2) is 0 Å². The van der Waals surface area contributed by atoms with Crippen molar-refractivity contribution in [3.63, 3.8) is 0 Å². The Hall–Kier alpha value is -1.72. The van der Waals surface area contributed by atoms with Gasteiger partial charge in [0.25, 0.3) is 0 Å². The summed E-state index contributed by atoms with van der Waals surface area (Å²) in [4.78, 5) is 16.1. The molecule has 21 heavy (non-hydrogen) atoms. The predicted octanol–water partition coefficient (Wildman–Crippen LogP) is 3.83. The molecule has 0 spiro atoms. The van der Waals surface area contributed by atoms with Crippen molar-refractivity contribution in [1.29, 1.82) is 0 Å². The number of nitrogen functional groups attached to an aromatic ring is 1. The second-order valence-electron chi connectivity index (χ2n) is 4.40. The second kappa shape index (κ2) is 7.90. The van der Waals surface area contributed by atoms with E-state index in [1.807, 2.05) is 18.2 Å². The minimum atomic E-state index is -0.0503. The minimum absolute atomic E-state index is 0.0503. The van der Waals surface area contributed by atoms with Crippen molar-refractivity contribution in [2.24, 2.45) is 0 Å². The minimum Gasteiger partial charge on any atom is -0.397 e. The van der Waals surface area contributed by atoms with E-state index in [9.17, 15) is 4.79 Å². The largest absolute Gasteiger partial charge is 0.397 e. The Balaban J connectivity index is 1.72. The van der Waals surface area contributed by atoms with E-state index < -0.39 is 0 Å².